The molecule has 2 heterocycles. The van der Waals surface area contributed by atoms with Crippen molar-refractivity contribution in [1.29, 1.82) is 0 Å². The van der Waals surface area contributed by atoms with Crippen LogP contribution in [0.15, 0.2) is 33.5 Å². The lowest BCUT2D eigenvalue weighted by Crippen LogP contribution is -2.31. The van der Waals surface area contributed by atoms with Crippen LogP contribution in [-0.4, -0.2) is 45.1 Å². The van der Waals surface area contributed by atoms with Crippen molar-refractivity contribution in [2.24, 2.45) is 0 Å². The van der Waals surface area contributed by atoms with Gasteiger partial charge in [-0.25, -0.2) is 9.87 Å². The summed E-state index contributed by atoms with van der Waals surface area (Å²) >= 11 is 3.14. The fourth-order valence-electron chi connectivity index (χ4n) is 2.92. The Morgan fingerprint density at radius 2 is 2.07 bits per heavy atom. The van der Waals surface area contributed by atoms with Gasteiger partial charge in [-0.15, -0.1) is 0 Å². The molecule has 11 heteroatoms. The minimum atomic E-state index is -1.50. The molecule has 0 fully saturated rings. The van der Waals surface area contributed by atoms with Gasteiger partial charge in [-0.3, -0.25) is 14.4 Å². The lowest BCUT2D eigenvalue weighted by Gasteiger charge is -2.18. The number of amides is 1. The van der Waals surface area contributed by atoms with Gasteiger partial charge in [-0.2, -0.15) is 0 Å². The Balaban J connectivity index is 2.09. The van der Waals surface area contributed by atoms with Crippen LogP contribution in [0.2, 0.25) is 0 Å². The Kier molecular flexibility index (Phi) is 6.10. The Bertz CT molecular complexity index is 967. The highest BCUT2D eigenvalue weighted by molar-refractivity contribution is 9.10. The lowest BCUT2D eigenvalue weighted by molar-refractivity contribution is 0.0154. The molecule has 2 atom stereocenters. The van der Waals surface area contributed by atoms with E-state index >= 15 is 0 Å². The van der Waals surface area contributed by atoms with Crippen LogP contribution in [0.5, 0.6) is 0 Å². The number of anilines is 2. The molecule has 9 nitrogen and oxygen atoms in total. The Morgan fingerprint density at radius 3 is 2.75 bits per heavy atom. The molecule has 0 saturated carbocycles. The van der Waals surface area contributed by atoms with E-state index < -0.39 is 29.5 Å². The van der Waals surface area contributed by atoms with Crippen molar-refractivity contribution in [3.63, 3.8) is 0 Å². The highest BCUT2D eigenvalue weighted by atomic mass is 79.9. The molecule has 28 heavy (non-hydrogen) atoms. The number of carbonyl (C=O) groups excluding carboxylic acids is 1. The first-order valence-corrected chi connectivity index (χ1v) is 9.01. The van der Waals surface area contributed by atoms with Gasteiger partial charge in [0.1, 0.15) is 18.0 Å². The van der Waals surface area contributed by atoms with E-state index in [-0.39, 0.29) is 42.4 Å². The average Bonchev–Trinajstić information content (AvgIpc) is 2.94. The number of hydrogen-bond acceptors (Lipinski definition) is 7. The van der Waals surface area contributed by atoms with Crippen molar-refractivity contribution in [1.82, 2.24) is 10.0 Å². The highest BCUT2D eigenvalue weighted by Crippen LogP contribution is 2.33. The molecule has 1 aromatic carbocycles. The molecule has 1 aliphatic rings. The monoisotopic (exact) mass is 457 g/mol. The van der Waals surface area contributed by atoms with Crippen LogP contribution in [0.1, 0.15) is 22.2 Å². The van der Waals surface area contributed by atoms with Crippen LogP contribution < -0.4 is 16.4 Å². The van der Waals surface area contributed by atoms with E-state index in [9.17, 15) is 24.2 Å². The molecule has 1 aromatic heterocycles. The Morgan fingerprint density at radius 1 is 1.32 bits per heavy atom. The molecule has 150 valence electrons. The Hall–Kier alpha value is -2.31. The van der Waals surface area contributed by atoms with Crippen LogP contribution in [-0.2, 0) is 11.4 Å². The maximum absolute atomic E-state index is 14.2. The van der Waals surface area contributed by atoms with Gasteiger partial charge in [-0.1, -0.05) is 15.9 Å². The molecule has 0 bridgehead atoms. The number of nitrogens with zero attached hydrogens (tertiary/aromatic N) is 1. The number of aliphatic hydroxyl groups excluding tert-OH is 3. The Labute approximate surface area is 166 Å². The summed E-state index contributed by atoms with van der Waals surface area (Å²) < 4.78 is 15.8. The predicted molar refractivity (Wildman–Crippen MR) is 99.6 cm³/mol. The molecule has 0 aliphatic carbocycles. The van der Waals surface area contributed by atoms with Crippen LogP contribution in [0.25, 0.3) is 0 Å². The number of hydroxylamine groups is 1. The maximum Gasteiger partial charge on any atom is 0.278 e. The van der Waals surface area contributed by atoms with Gasteiger partial charge >= 0.3 is 0 Å². The van der Waals surface area contributed by atoms with E-state index in [1.165, 1.54) is 12.1 Å². The van der Waals surface area contributed by atoms with Crippen LogP contribution in [0.4, 0.5) is 15.8 Å². The van der Waals surface area contributed by atoms with Gasteiger partial charge in [0.15, 0.2) is 0 Å². The number of hydrogen-bond donors (Lipinski definition) is 5. The third kappa shape index (κ3) is 3.93. The van der Waals surface area contributed by atoms with Gasteiger partial charge in [0.05, 0.1) is 42.4 Å². The van der Waals surface area contributed by atoms with Gasteiger partial charge < -0.3 is 25.2 Å². The van der Waals surface area contributed by atoms with Crippen molar-refractivity contribution < 1.29 is 29.3 Å². The summed E-state index contributed by atoms with van der Waals surface area (Å²) in [5.41, 5.74) is 1.11. The zero-order valence-electron chi connectivity index (χ0n) is 14.4. The van der Waals surface area contributed by atoms with Crippen molar-refractivity contribution in [2.45, 2.75) is 18.8 Å². The van der Waals surface area contributed by atoms with Gasteiger partial charge in [-0.05, 0) is 18.2 Å². The minimum absolute atomic E-state index is 0.00842. The van der Waals surface area contributed by atoms with E-state index in [0.717, 1.165) is 10.6 Å². The molecule has 1 aliphatic heterocycles. The molecule has 1 amide bonds. The third-order valence-corrected chi connectivity index (χ3v) is 4.64. The maximum atomic E-state index is 14.2. The summed E-state index contributed by atoms with van der Waals surface area (Å²) in [6.45, 7) is -0.723. The van der Waals surface area contributed by atoms with Gasteiger partial charge in [0.2, 0.25) is 0 Å². The molecular weight excluding hydrogens is 441 g/mol. The third-order valence-electron chi connectivity index (χ3n) is 4.15. The number of pyridine rings is 1. The number of rotatable bonds is 6. The number of carbonyl (C=O) groups is 1. The van der Waals surface area contributed by atoms with Crippen LogP contribution in [0, 0.1) is 5.82 Å². The van der Waals surface area contributed by atoms with Crippen molar-refractivity contribution >= 4 is 33.2 Å². The normalized spacial score (nSPS) is 18.0. The van der Waals surface area contributed by atoms with Crippen LogP contribution in [0.3, 0.4) is 0 Å². The smallest absolute Gasteiger partial charge is 0.278 e. The molecule has 2 aromatic rings. The molecule has 5 N–H and O–H groups in total. The minimum Gasteiger partial charge on any atom is -0.394 e. The van der Waals surface area contributed by atoms with Crippen molar-refractivity contribution in [3.05, 3.63) is 56.2 Å². The van der Waals surface area contributed by atoms with Crippen molar-refractivity contribution in [3.8, 4) is 0 Å². The second-order valence-electron chi connectivity index (χ2n) is 6.03. The van der Waals surface area contributed by atoms with Gasteiger partial charge in [0.25, 0.3) is 11.5 Å². The second-order valence-corrected chi connectivity index (χ2v) is 6.95. The average molecular weight is 458 g/mol. The van der Waals surface area contributed by atoms with E-state index in [1.807, 2.05) is 0 Å². The number of benzene rings is 1. The molecule has 0 saturated heterocycles. The summed E-state index contributed by atoms with van der Waals surface area (Å²) in [5, 5.41) is 31.7. The number of aliphatic hydroxyl groups is 3. The zero-order valence-corrected chi connectivity index (χ0v) is 15.9. The number of nitrogens with one attached hydrogen (secondary N) is 2. The van der Waals surface area contributed by atoms with Gasteiger partial charge in [0, 0.05) is 10.5 Å². The molecule has 3 rings (SSSR count). The number of halogens is 2. The SMILES string of the molecule is O=C(NOCCO)c1c(Nc2ccc(Br)cc2F)cc(=O)n2c1C(O)C(O)C2. The zero-order chi connectivity index (χ0) is 20.4. The first-order valence-electron chi connectivity index (χ1n) is 8.22. The van der Waals surface area contributed by atoms with E-state index in [1.54, 1.807) is 6.07 Å². The summed E-state index contributed by atoms with van der Waals surface area (Å²) in [6.07, 6.45) is -2.78. The van der Waals surface area contributed by atoms with E-state index in [2.05, 4.69) is 26.7 Å². The quantitative estimate of drug-likeness (QED) is 0.316. The summed E-state index contributed by atoms with van der Waals surface area (Å²) in [6, 6.07) is 5.23. The fourth-order valence-corrected chi connectivity index (χ4v) is 3.25. The molecule has 2 unspecified atom stereocenters. The molecule has 0 radical (unpaired) electrons. The largest absolute Gasteiger partial charge is 0.394 e. The van der Waals surface area contributed by atoms with E-state index in [4.69, 9.17) is 9.94 Å². The molecule has 0 spiro atoms. The molecular formula is C17H17BrFN3O6. The number of aromatic nitrogens is 1. The standard InChI is InChI=1S/C17H17BrFN3O6/c18-8-1-2-10(9(19)5-8)20-11-6-13(25)22-7-12(24)16(26)15(22)14(11)17(27)21-28-4-3-23/h1-2,5-6,12,16,20,23-24,26H,3-4,7H2,(H,21,27). The summed E-state index contributed by atoms with van der Waals surface area (Å²) in [5.74, 6) is -1.48. The van der Waals surface area contributed by atoms with Crippen molar-refractivity contribution in [2.75, 3.05) is 18.5 Å². The topological polar surface area (TPSA) is 133 Å². The number of fused-ring (bicyclic) bond motifs is 1. The van der Waals surface area contributed by atoms with Crippen LogP contribution >= 0.6 is 15.9 Å². The predicted octanol–water partition coefficient (Wildman–Crippen LogP) is 0.555. The summed E-state index contributed by atoms with van der Waals surface area (Å²) in [7, 11) is 0. The first kappa shape index (κ1) is 20.4. The van der Waals surface area contributed by atoms with E-state index in [0.29, 0.717) is 4.47 Å². The summed E-state index contributed by atoms with van der Waals surface area (Å²) in [4.78, 5) is 29.8. The lowest BCUT2D eigenvalue weighted by atomic mass is 10.1. The first-order chi connectivity index (χ1) is 13.3. The second kappa shape index (κ2) is 8.37. The fraction of sp³-hybridized carbons (Fsp3) is 0.294. The highest BCUT2D eigenvalue weighted by Gasteiger charge is 2.36.